The first-order valence-electron chi connectivity index (χ1n) is 8.64. The first-order chi connectivity index (χ1) is 12.4. The summed E-state index contributed by atoms with van der Waals surface area (Å²) >= 11 is 0. The van der Waals surface area contributed by atoms with E-state index < -0.39 is 5.91 Å². The van der Waals surface area contributed by atoms with E-state index in [9.17, 15) is 10.1 Å². The zero-order valence-electron chi connectivity index (χ0n) is 15.2. The lowest BCUT2D eigenvalue weighted by atomic mass is 9.82. The molecule has 0 radical (unpaired) electrons. The van der Waals surface area contributed by atoms with Gasteiger partial charge < -0.3 is 21.7 Å². The molecule has 0 unspecified atom stereocenters. The van der Waals surface area contributed by atoms with E-state index in [4.69, 9.17) is 11.5 Å². The molecule has 1 aliphatic rings. The standard InChI is InChI=1S/C19H26N6O/c1-25(2)15-8-9-17(13(10-15)11-20)23-12-16(19(22)26)18(21)24-14-6-4-3-5-7-14/h3-7,12-13,15,17,23H,8-10H2,1-2H3,(H2,21,24)(H2,22,26)/b16-12+/t13-,15+,17+/m1/s1. The second-order valence-corrected chi connectivity index (χ2v) is 6.69. The maximum Gasteiger partial charge on any atom is 0.253 e. The van der Waals surface area contributed by atoms with Crippen molar-refractivity contribution in [2.24, 2.45) is 22.4 Å². The molecule has 7 nitrogen and oxygen atoms in total. The van der Waals surface area contributed by atoms with Gasteiger partial charge in [-0.15, -0.1) is 0 Å². The molecule has 0 saturated heterocycles. The van der Waals surface area contributed by atoms with Crippen LogP contribution >= 0.6 is 0 Å². The van der Waals surface area contributed by atoms with E-state index in [0.717, 1.165) is 19.3 Å². The number of amides is 1. The minimum atomic E-state index is -0.662. The SMILES string of the molecule is CN(C)[C@H]1CC[C@H](N/C=C(/C(N)=O)C(N)=Nc2ccccc2)[C@@H](C#N)C1. The van der Waals surface area contributed by atoms with Crippen LogP contribution in [-0.4, -0.2) is 42.8 Å². The van der Waals surface area contributed by atoms with Crippen LogP contribution in [0, 0.1) is 17.2 Å². The fraction of sp³-hybridized carbons (Fsp3) is 0.421. The molecule has 0 spiro atoms. The van der Waals surface area contributed by atoms with Crippen molar-refractivity contribution in [2.45, 2.75) is 31.3 Å². The number of carbonyl (C=O) groups is 1. The predicted molar refractivity (Wildman–Crippen MR) is 102 cm³/mol. The highest BCUT2D eigenvalue weighted by Gasteiger charge is 2.31. The van der Waals surface area contributed by atoms with Crippen LogP contribution in [0.1, 0.15) is 19.3 Å². The minimum absolute atomic E-state index is 0.0462. The van der Waals surface area contributed by atoms with Crippen LogP contribution in [0.3, 0.4) is 0 Å². The smallest absolute Gasteiger partial charge is 0.253 e. The lowest BCUT2D eigenvalue weighted by molar-refractivity contribution is -0.114. The van der Waals surface area contributed by atoms with Crippen molar-refractivity contribution < 1.29 is 4.79 Å². The third-order valence-electron chi connectivity index (χ3n) is 4.71. The fourth-order valence-electron chi connectivity index (χ4n) is 3.12. The molecule has 0 aromatic heterocycles. The molecule has 1 amide bonds. The molecular weight excluding hydrogens is 328 g/mol. The number of nitrogens with zero attached hydrogens (tertiary/aromatic N) is 3. The first-order valence-corrected chi connectivity index (χ1v) is 8.64. The largest absolute Gasteiger partial charge is 0.386 e. The Kier molecular flexibility index (Phi) is 6.75. The number of rotatable bonds is 6. The average Bonchev–Trinajstić information content (AvgIpc) is 2.62. The molecule has 1 saturated carbocycles. The Morgan fingerprint density at radius 1 is 1.31 bits per heavy atom. The summed E-state index contributed by atoms with van der Waals surface area (Å²) < 4.78 is 0. The van der Waals surface area contributed by atoms with Gasteiger partial charge in [0.05, 0.1) is 23.2 Å². The molecule has 1 aliphatic carbocycles. The Balaban J connectivity index is 2.13. The lowest BCUT2D eigenvalue weighted by Crippen LogP contribution is -2.44. The van der Waals surface area contributed by atoms with E-state index in [1.807, 2.05) is 32.3 Å². The molecule has 138 valence electrons. The second kappa shape index (κ2) is 9.02. The van der Waals surface area contributed by atoms with E-state index in [1.165, 1.54) is 6.20 Å². The summed E-state index contributed by atoms with van der Waals surface area (Å²) in [5.41, 5.74) is 12.2. The maximum absolute atomic E-state index is 11.8. The summed E-state index contributed by atoms with van der Waals surface area (Å²) in [5.74, 6) is -0.759. The fourth-order valence-corrected chi connectivity index (χ4v) is 3.12. The Labute approximate surface area is 154 Å². The number of amidine groups is 1. The number of aliphatic imine (C=N–C) groups is 1. The van der Waals surface area contributed by atoms with Crippen LogP contribution in [0.15, 0.2) is 47.1 Å². The highest BCUT2D eigenvalue weighted by molar-refractivity contribution is 6.20. The van der Waals surface area contributed by atoms with E-state index >= 15 is 0 Å². The first kappa shape index (κ1) is 19.5. The van der Waals surface area contributed by atoms with E-state index in [2.05, 4.69) is 21.3 Å². The molecule has 0 aliphatic heterocycles. The average molecular weight is 354 g/mol. The molecule has 0 heterocycles. The van der Waals surface area contributed by atoms with Gasteiger partial charge in [0.25, 0.3) is 5.91 Å². The molecule has 1 aromatic rings. The molecule has 0 bridgehead atoms. The van der Waals surface area contributed by atoms with Gasteiger partial charge >= 0.3 is 0 Å². The molecule has 1 aromatic carbocycles. The van der Waals surface area contributed by atoms with Gasteiger partial charge in [-0.2, -0.15) is 5.26 Å². The van der Waals surface area contributed by atoms with Gasteiger partial charge in [0.15, 0.2) is 0 Å². The Morgan fingerprint density at radius 2 is 2.00 bits per heavy atom. The predicted octanol–water partition coefficient (Wildman–Crippen LogP) is 1.26. The summed E-state index contributed by atoms with van der Waals surface area (Å²) in [5, 5.41) is 12.6. The summed E-state index contributed by atoms with van der Waals surface area (Å²) in [4.78, 5) is 18.2. The van der Waals surface area contributed by atoms with Crippen molar-refractivity contribution in [3.8, 4) is 6.07 Å². The van der Waals surface area contributed by atoms with Crippen molar-refractivity contribution in [1.29, 1.82) is 5.26 Å². The van der Waals surface area contributed by atoms with Gasteiger partial charge in [-0.3, -0.25) is 4.79 Å². The van der Waals surface area contributed by atoms with Gasteiger partial charge in [-0.25, -0.2) is 4.99 Å². The number of hydrogen-bond acceptors (Lipinski definition) is 5. The quantitative estimate of drug-likeness (QED) is 0.403. The summed E-state index contributed by atoms with van der Waals surface area (Å²) in [6.07, 6.45) is 4.10. The van der Waals surface area contributed by atoms with Gasteiger partial charge in [-0.05, 0) is 45.5 Å². The topological polar surface area (TPSA) is 121 Å². The van der Waals surface area contributed by atoms with Gasteiger partial charge in [0, 0.05) is 18.3 Å². The molecule has 2 rings (SSSR count). The van der Waals surface area contributed by atoms with Crippen molar-refractivity contribution in [3.05, 3.63) is 42.1 Å². The Hall–Kier alpha value is -2.85. The number of nitrogens with two attached hydrogens (primary N) is 2. The number of benzene rings is 1. The van der Waals surface area contributed by atoms with Crippen LogP contribution in [0.4, 0.5) is 5.69 Å². The number of carbonyl (C=O) groups excluding carboxylic acids is 1. The molecular formula is C19H26N6O. The number of nitriles is 1. The third-order valence-corrected chi connectivity index (χ3v) is 4.71. The number of hydrogen-bond donors (Lipinski definition) is 3. The minimum Gasteiger partial charge on any atom is -0.386 e. The zero-order chi connectivity index (χ0) is 19.1. The highest BCUT2D eigenvalue weighted by Crippen LogP contribution is 2.27. The number of nitrogens with one attached hydrogen (secondary N) is 1. The summed E-state index contributed by atoms with van der Waals surface area (Å²) in [7, 11) is 4.05. The van der Waals surface area contributed by atoms with Gasteiger partial charge in [-0.1, -0.05) is 18.2 Å². The number of primary amides is 1. The molecule has 1 fully saturated rings. The van der Waals surface area contributed by atoms with Crippen LogP contribution < -0.4 is 16.8 Å². The zero-order valence-corrected chi connectivity index (χ0v) is 15.2. The molecule has 5 N–H and O–H groups in total. The second-order valence-electron chi connectivity index (χ2n) is 6.69. The van der Waals surface area contributed by atoms with Crippen molar-refractivity contribution in [1.82, 2.24) is 10.2 Å². The van der Waals surface area contributed by atoms with Crippen LogP contribution in [0.2, 0.25) is 0 Å². The summed E-state index contributed by atoms with van der Waals surface area (Å²) in [6, 6.07) is 11.8. The normalized spacial score (nSPS) is 24.2. The van der Waals surface area contributed by atoms with Crippen LogP contribution in [0.25, 0.3) is 0 Å². The lowest BCUT2D eigenvalue weighted by Gasteiger charge is -2.36. The van der Waals surface area contributed by atoms with Gasteiger partial charge in [0.2, 0.25) is 0 Å². The Bertz CT molecular complexity index is 719. The van der Waals surface area contributed by atoms with Crippen molar-refractivity contribution in [3.63, 3.8) is 0 Å². The summed E-state index contributed by atoms with van der Waals surface area (Å²) in [6.45, 7) is 0. The molecule has 7 heteroatoms. The monoisotopic (exact) mass is 354 g/mol. The van der Waals surface area contributed by atoms with Crippen LogP contribution in [-0.2, 0) is 4.79 Å². The molecule has 3 atom stereocenters. The van der Waals surface area contributed by atoms with E-state index in [0.29, 0.717) is 11.7 Å². The van der Waals surface area contributed by atoms with Crippen LogP contribution in [0.5, 0.6) is 0 Å². The van der Waals surface area contributed by atoms with E-state index in [1.54, 1.807) is 12.1 Å². The molecule has 26 heavy (non-hydrogen) atoms. The van der Waals surface area contributed by atoms with Crippen molar-refractivity contribution in [2.75, 3.05) is 14.1 Å². The maximum atomic E-state index is 11.8. The van der Waals surface area contributed by atoms with E-state index in [-0.39, 0.29) is 23.4 Å². The number of para-hydroxylation sites is 1. The highest BCUT2D eigenvalue weighted by atomic mass is 16.1. The third kappa shape index (κ3) is 5.07. The van der Waals surface area contributed by atoms with Gasteiger partial charge in [0.1, 0.15) is 5.84 Å². The van der Waals surface area contributed by atoms with Crippen molar-refractivity contribution >= 4 is 17.4 Å². The Morgan fingerprint density at radius 3 is 2.58 bits per heavy atom.